The van der Waals surface area contributed by atoms with Crippen LogP contribution in [0.2, 0.25) is 0 Å². The molecule has 0 spiro atoms. The van der Waals surface area contributed by atoms with Crippen LogP contribution < -0.4 is 16.0 Å². The number of unbranched alkanes of at least 4 members (excludes halogenated alkanes) is 1. The SMILES string of the molecule is CCNC(=NCCCCOCCc1ccccc1)NCCNC(=O)OC(C)(C)C. The van der Waals surface area contributed by atoms with E-state index >= 15 is 0 Å². The number of benzene rings is 1. The predicted molar refractivity (Wildman–Crippen MR) is 118 cm³/mol. The van der Waals surface area contributed by atoms with Crippen LogP contribution in [-0.4, -0.2) is 57.0 Å². The number of ether oxygens (including phenoxy) is 2. The fourth-order valence-corrected chi connectivity index (χ4v) is 2.44. The Labute approximate surface area is 175 Å². The van der Waals surface area contributed by atoms with Crippen LogP contribution in [-0.2, 0) is 15.9 Å². The highest BCUT2D eigenvalue weighted by molar-refractivity contribution is 5.79. The lowest BCUT2D eigenvalue weighted by Crippen LogP contribution is -2.42. The number of rotatable bonds is 12. The Balaban J connectivity index is 2.09. The summed E-state index contributed by atoms with van der Waals surface area (Å²) in [6, 6.07) is 10.4. The molecule has 0 bridgehead atoms. The summed E-state index contributed by atoms with van der Waals surface area (Å²) >= 11 is 0. The van der Waals surface area contributed by atoms with E-state index in [1.165, 1.54) is 5.56 Å². The maximum absolute atomic E-state index is 11.6. The van der Waals surface area contributed by atoms with Gasteiger partial charge in [0.05, 0.1) is 6.61 Å². The van der Waals surface area contributed by atoms with E-state index in [4.69, 9.17) is 9.47 Å². The fraction of sp³-hybridized carbons (Fsp3) is 0.636. The molecule has 1 aromatic carbocycles. The molecule has 0 aliphatic carbocycles. The Bertz CT molecular complexity index is 585. The molecule has 29 heavy (non-hydrogen) atoms. The van der Waals surface area contributed by atoms with Gasteiger partial charge in [0.2, 0.25) is 0 Å². The number of nitrogens with zero attached hydrogens (tertiary/aromatic N) is 1. The second-order valence-electron chi connectivity index (χ2n) is 7.67. The van der Waals surface area contributed by atoms with Crippen LogP contribution in [0.4, 0.5) is 4.79 Å². The second-order valence-corrected chi connectivity index (χ2v) is 7.67. The third-order valence-electron chi connectivity index (χ3n) is 3.77. The highest BCUT2D eigenvalue weighted by Gasteiger charge is 2.15. The molecule has 0 saturated heterocycles. The minimum absolute atomic E-state index is 0.409. The molecule has 0 unspecified atom stereocenters. The van der Waals surface area contributed by atoms with Crippen molar-refractivity contribution in [1.82, 2.24) is 16.0 Å². The van der Waals surface area contributed by atoms with Gasteiger partial charge < -0.3 is 25.4 Å². The van der Waals surface area contributed by atoms with E-state index in [9.17, 15) is 4.79 Å². The number of hydrogen-bond donors (Lipinski definition) is 3. The smallest absolute Gasteiger partial charge is 0.407 e. The lowest BCUT2D eigenvalue weighted by atomic mass is 10.2. The van der Waals surface area contributed by atoms with Crippen molar-refractivity contribution in [2.24, 2.45) is 4.99 Å². The molecule has 0 radical (unpaired) electrons. The van der Waals surface area contributed by atoms with Gasteiger partial charge in [-0.25, -0.2) is 4.79 Å². The van der Waals surface area contributed by atoms with Crippen LogP contribution in [0.3, 0.4) is 0 Å². The van der Waals surface area contributed by atoms with Gasteiger partial charge >= 0.3 is 6.09 Å². The molecular weight excluding hydrogens is 368 g/mol. The molecule has 0 aromatic heterocycles. The summed E-state index contributed by atoms with van der Waals surface area (Å²) in [7, 11) is 0. The average molecular weight is 407 g/mol. The first-order chi connectivity index (χ1) is 13.9. The van der Waals surface area contributed by atoms with Crippen LogP contribution in [0, 0.1) is 0 Å². The molecule has 3 N–H and O–H groups in total. The molecule has 0 atom stereocenters. The molecule has 0 saturated carbocycles. The maximum Gasteiger partial charge on any atom is 0.407 e. The van der Waals surface area contributed by atoms with E-state index in [2.05, 4.69) is 45.2 Å². The number of alkyl carbamates (subject to hydrolysis) is 1. The van der Waals surface area contributed by atoms with Gasteiger partial charge in [0.25, 0.3) is 0 Å². The standard InChI is InChI=1S/C22H38N4O3/c1-5-23-20(25-15-16-26-21(27)29-22(2,3)4)24-14-9-10-17-28-18-13-19-11-7-6-8-12-19/h6-8,11-12H,5,9-10,13-18H2,1-4H3,(H,26,27)(H2,23,24,25). The number of guanidine groups is 1. The molecule has 0 fully saturated rings. The Morgan fingerprint density at radius 3 is 2.41 bits per heavy atom. The molecule has 0 heterocycles. The molecule has 7 heteroatoms. The van der Waals surface area contributed by atoms with Crippen molar-refractivity contribution in [1.29, 1.82) is 0 Å². The van der Waals surface area contributed by atoms with E-state index < -0.39 is 11.7 Å². The Morgan fingerprint density at radius 2 is 1.72 bits per heavy atom. The van der Waals surface area contributed by atoms with Crippen molar-refractivity contribution < 1.29 is 14.3 Å². The van der Waals surface area contributed by atoms with Crippen LogP contribution in [0.25, 0.3) is 0 Å². The summed E-state index contributed by atoms with van der Waals surface area (Å²) in [6.45, 7) is 11.6. The Kier molecular flexibility index (Phi) is 12.5. The molecule has 1 aromatic rings. The van der Waals surface area contributed by atoms with E-state index in [1.54, 1.807) is 0 Å². The minimum atomic E-state index is -0.487. The van der Waals surface area contributed by atoms with Crippen LogP contribution >= 0.6 is 0 Å². The summed E-state index contributed by atoms with van der Waals surface area (Å²) in [4.78, 5) is 16.2. The number of hydrogen-bond acceptors (Lipinski definition) is 4. The zero-order chi connectivity index (χ0) is 21.4. The zero-order valence-electron chi connectivity index (χ0n) is 18.4. The summed E-state index contributed by atoms with van der Waals surface area (Å²) in [5.74, 6) is 0.753. The topological polar surface area (TPSA) is 84.0 Å². The van der Waals surface area contributed by atoms with Gasteiger partial charge in [-0.3, -0.25) is 4.99 Å². The third-order valence-corrected chi connectivity index (χ3v) is 3.77. The van der Waals surface area contributed by atoms with E-state index in [-0.39, 0.29) is 0 Å². The molecule has 1 rings (SSSR count). The largest absolute Gasteiger partial charge is 0.444 e. The monoisotopic (exact) mass is 406 g/mol. The number of carbonyl (C=O) groups is 1. The first kappa shape index (κ1) is 24.8. The Hall–Kier alpha value is -2.28. The fourth-order valence-electron chi connectivity index (χ4n) is 2.44. The molecule has 0 aliphatic rings. The van der Waals surface area contributed by atoms with Crippen molar-refractivity contribution in [2.75, 3.05) is 39.4 Å². The zero-order valence-corrected chi connectivity index (χ0v) is 18.4. The van der Waals surface area contributed by atoms with Crippen molar-refractivity contribution in [2.45, 2.75) is 52.6 Å². The van der Waals surface area contributed by atoms with Gasteiger partial charge in [0.15, 0.2) is 5.96 Å². The number of amides is 1. The van der Waals surface area contributed by atoms with E-state index in [1.807, 2.05) is 33.8 Å². The van der Waals surface area contributed by atoms with Gasteiger partial charge in [-0.2, -0.15) is 0 Å². The molecule has 0 aliphatic heterocycles. The highest BCUT2D eigenvalue weighted by atomic mass is 16.6. The number of aliphatic imine (C=N–C) groups is 1. The summed E-state index contributed by atoms with van der Waals surface area (Å²) in [6.07, 6.45) is 2.49. The van der Waals surface area contributed by atoms with Gasteiger partial charge in [-0.1, -0.05) is 30.3 Å². The average Bonchev–Trinajstić information content (AvgIpc) is 2.66. The third kappa shape index (κ3) is 14.4. The second kappa shape index (κ2) is 14.7. The Morgan fingerprint density at radius 1 is 1.00 bits per heavy atom. The van der Waals surface area contributed by atoms with Crippen LogP contribution in [0.5, 0.6) is 0 Å². The lowest BCUT2D eigenvalue weighted by Gasteiger charge is -2.19. The number of nitrogens with one attached hydrogen (secondary N) is 3. The van der Waals surface area contributed by atoms with Gasteiger partial charge in [0, 0.05) is 32.8 Å². The van der Waals surface area contributed by atoms with Crippen molar-refractivity contribution in [3.63, 3.8) is 0 Å². The molecular formula is C22H38N4O3. The minimum Gasteiger partial charge on any atom is -0.444 e. The van der Waals surface area contributed by atoms with Gasteiger partial charge in [-0.05, 0) is 52.5 Å². The highest BCUT2D eigenvalue weighted by Crippen LogP contribution is 2.06. The van der Waals surface area contributed by atoms with Gasteiger partial charge in [0.1, 0.15) is 5.60 Å². The molecule has 7 nitrogen and oxygen atoms in total. The maximum atomic E-state index is 11.6. The van der Waals surface area contributed by atoms with E-state index in [0.29, 0.717) is 13.1 Å². The van der Waals surface area contributed by atoms with Crippen molar-refractivity contribution >= 4 is 12.1 Å². The van der Waals surface area contributed by atoms with Gasteiger partial charge in [-0.15, -0.1) is 0 Å². The quantitative estimate of drug-likeness (QED) is 0.282. The number of carbonyl (C=O) groups excluding carboxylic acids is 1. The van der Waals surface area contributed by atoms with Crippen molar-refractivity contribution in [3.05, 3.63) is 35.9 Å². The van der Waals surface area contributed by atoms with Crippen molar-refractivity contribution in [3.8, 4) is 0 Å². The first-order valence-electron chi connectivity index (χ1n) is 10.5. The summed E-state index contributed by atoms with van der Waals surface area (Å²) in [5.41, 5.74) is 0.818. The molecule has 1 amide bonds. The predicted octanol–water partition coefficient (Wildman–Crippen LogP) is 3.11. The van der Waals surface area contributed by atoms with Crippen LogP contribution in [0.15, 0.2) is 35.3 Å². The first-order valence-corrected chi connectivity index (χ1v) is 10.5. The molecule has 164 valence electrons. The summed E-state index contributed by atoms with van der Waals surface area (Å²) in [5, 5.41) is 9.13. The van der Waals surface area contributed by atoms with Crippen LogP contribution in [0.1, 0.15) is 46.1 Å². The van der Waals surface area contributed by atoms with E-state index in [0.717, 1.165) is 51.5 Å². The normalized spacial score (nSPS) is 11.8. The lowest BCUT2D eigenvalue weighted by molar-refractivity contribution is 0.0529. The summed E-state index contributed by atoms with van der Waals surface area (Å²) < 4.78 is 10.9.